The van der Waals surface area contributed by atoms with E-state index in [9.17, 15) is 0 Å². The Bertz CT molecular complexity index is 1170. The van der Waals surface area contributed by atoms with Crippen LogP contribution < -0.4 is 10.6 Å². The van der Waals surface area contributed by atoms with Crippen molar-refractivity contribution in [2.75, 3.05) is 10.6 Å². The summed E-state index contributed by atoms with van der Waals surface area (Å²) in [5.41, 5.74) is 7.42. The van der Waals surface area contributed by atoms with Crippen LogP contribution in [-0.2, 0) is 6.42 Å². The number of anilines is 2. The van der Waals surface area contributed by atoms with Crippen molar-refractivity contribution in [2.24, 2.45) is 0 Å². The standard InChI is InChI=1S/C24H18N2S/c27-24(26-23-11-5-8-16-6-1-4-10-22(16)23)25-19-12-13-21-18(15-19)14-17-7-2-3-9-20(17)21/h1-13,15H,14H2,(H2,25,26,27). The van der Waals surface area contributed by atoms with Crippen molar-refractivity contribution in [3.63, 3.8) is 0 Å². The molecule has 0 unspecified atom stereocenters. The molecule has 2 N–H and O–H groups in total. The molecule has 0 saturated heterocycles. The molecule has 3 heteroatoms. The fraction of sp³-hybridized carbons (Fsp3) is 0.0417. The molecule has 0 aromatic heterocycles. The zero-order chi connectivity index (χ0) is 18.2. The third-order valence-electron chi connectivity index (χ3n) is 5.09. The summed E-state index contributed by atoms with van der Waals surface area (Å²) in [5.74, 6) is 0. The lowest BCUT2D eigenvalue weighted by Gasteiger charge is -2.13. The number of thiocarbonyl (C=S) groups is 1. The molecule has 5 rings (SSSR count). The summed E-state index contributed by atoms with van der Waals surface area (Å²) in [5, 5.41) is 9.63. The van der Waals surface area contributed by atoms with Crippen molar-refractivity contribution in [1.29, 1.82) is 0 Å². The van der Waals surface area contributed by atoms with Crippen molar-refractivity contribution >= 4 is 39.5 Å². The maximum absolute atomic E-state index is 5.56. The summed E-state index contributed by atoms with van der Waals surface area (Å²) >= 11 is 5.56. The average molecular weight is 366 g/mol. The van der Waals surface area contributed by atoms with Crippen molar-refractivity contribution < 1.29 is 0 Å². The second kappa shape index (κ2) is 6.53. The van der Waals surface area contributed by atoms with Gasteiger partial charge in [0.05, 0.1) is 0 Å². The monoisotopic (exact) mass is 366 g/mol. The molecule has 0 saturated carbocycles. The molecule has 4 aromatic carbocycles. The molecule has 0 heterocycles. The van der Waals surface area contributed by atoms with Crippen LogP contribution in [0.1, 0.15) is 11.1 Å². The number of hydrogen-bond acceptors (Lipinski definition) is 1. The molecule has 2 nitrogen and oxygen atoms in total. The lowest BCUT2D eigenvalue weighted by atomic mass is 10.1. The molecule has 27 heavy (non-hydrogen) atoms. The molecule has 130 valence electrons. The highest BCUT2D eigenvalue weighted by Gasteiger charge is 2.18. The number of rotatable bonds is 2. The van der Waals surface area contributed by atoms with Gasteiger partial charge in [-0.05, 0) is 64.5 Å². The van der Waals surface area contributed by atoms with Crippen molar-refractivity contribution in [2.45, 2.75) is 6.42 Å². The maximum atomic E-state index is 5.56. The van der Waals surface area contributed by atoms with Crippen LogP contribution in [0.2, 0.25) is 0 Å². The first-order valence-electron chi connectivity index (χ1n) is 9.05. The van der Waals surface area contributed by atoms with Crippen LogP contribution in [0.25, 0.3) is 21.9 Å². The van der Waals surface area contributed by atoms with Crippen LogP contribution in [0, 0.1) is 0 Å². The van der Waals surface area contributed by atoms with Gasteiger partial charge in [0.25, 0.3) is 0 Å². The molecule has 4 aromatic rings. The number of fused-ring (bicyclic) bond motifs is 4. The Labute approximate surface area is 163 Å². The summed E-state index contributed by atoms with van der Waals surface area (Å²) in [6.07, 6.45) is 0.977. The first-order chi connectivity index (χ1) is 13.3. The van der Waals surface area contributed by atoms with Gasteiger partial charge in [0.2, 0.25) is 0 Å². The van der Waals surface area contributed by atoms with Gasteiger partial charge in [-0.1, -0.05) is 66.7 Å². The third kappa shape index (κ3) is 2.96. The van der Waals surface area contributed by atoms with Crippen LogP contribution >= 0.6 is 12.2 Å². The van der Waals surface area contributed by atoms with Crippen molar-refractivity contribution in [1.82, 2.24) is 0 Å². The number of benzene rings is 4. The SMILES string of the molecule is S=C(Nc1ccc2c(c1)Cc1ccccc1-2)Nc1cccc2ccccc12. The molecule has 0 aliphatic heterocycles. The minimum Gasteiger partial charge on any atom is -0.332 e. The Balaban J connectivity index is 1.37. The molecule has 1 aliphatic rings. The molecular weight excluding hydrogens is 348 g/mol. The van der Waals surface area contributed by atoms with E-state index in [-0.39, 0.29) is 0 Å². The molecule has 0 atom stereocenters. The van der Waals surface area contributed by atoms with Gasteiger partial charge in [0.15, 0.2) is 5.11 Å². The predicted molar refractivity (Wildman–Crippen MR) is 118 cm³/mol. The lowest BCUT2D eigenvalue weighted by molar-refractivity contribution is 1.26. The minimum absolute atomic E-state index is 0.599. The second-order valence-electron chi connectivity index (χ2n) is 6.81. The van der Waals surface area contributed by atoms with Gasteiger partial charge in [-0.25, -0.2) is 0 Å². The van der Waals surface area contributed by atoms with E-state index in [0.717, 1.165) is 23.2 Å². The predicted octanol–water partition coefficient (Wildman–Crippen LogP) is 6.22. The summed E-state index contributed by atoms with van der Waals surface area (Å²) in [6, 6.07) is 29.6. The first kappa shape index (κ1) is 16.0. The average Bonchev–Trinajstić information content (AvgIpc) is 3.06. The van der Waals surface area contributed by atoms with E-state index in [2.05, 4.69) is 77.4 Å². The first-order valence-corrected chi connectivity index (χ1v) is 9.46. The van der Waals surface area contributed by atoms with Crippen LogP contribution in [0.3, 0.4) is 0 Å². The minimum atomic E-state index is 0.599. The molecule has 0 spiro atoms. The largest absolute Gasteiger partial charge is 0.332 e. The molecular formula is C24H18N2S. The van der Waals surface area contributed by atoms with E-state index >= 15 is 0 Å². The smallest absolute Gasteiger partial charge is 0.175 e. The molecule has 0 bridgehead atoms. The molecule has 0 amide bonds. The summed E-state index contributed by atoms with van der Waals surface area (Å²) in [6.45, 7) is 0. The highest BCUT2D eigenvalue weighted by molar-refractivity contribution is 7.80. The number of nitrogens with one attached hydrogen (secondary N) is 2. The van der Waals surface area contributed by atoms with E-state index in [1.165, 1.54) is 27.6 Å². The fourth-order valence-electron chi connectivity index (χ4n) is 3.84. The topological polar surface area (TPSA) is 24.1 Å². The zero-order valence-corrected chi connectivity index (χ0v) is 15.5. The van der Waals surface area contributed by atoms with E-state index in [1.54, 1.807) is 0 Å². The van der Waals surface area contributed by atoms with Gasteiger partial charge in [0.1, 0.15) is 0 Å². The van der Waals surface area contributed by atoms with Gasteiger partial charge >= 0.3 is 0 Å². The van der Waals surface area contributed by atoms with Gasteiger partial charge in [0, 0.05) is 16.8 Å². The number of hydrogen-bond donors (Lipinski definition) is 2. The molecule has 0 fully saturated rings. The van der Waals surface area contributed by atoms with Crippen LogP contribution in [0.15, 0.2) is 84.9 Å². The normalized spacial score (nSPS) is 11.7. The van der Waals surface area contributed by atoms with Crippen LogP contribution in [0.4, 0.5) is 11.4 Å². The lowest BCUT2D eigenvalue weighted by Crippen LogP contribution is -2.19. The van der Waals surface area contributed by atoms with Crippen LogP contribution in [0.5, 0.6) is 0 Å². The quantitative estimate of drug-likeness (QED) is 0.363. The third-order valence-corrected chi connectivity index (χ3v) is 5.29. The van der Waals surface area contributed by atoms with Gasteiger partial charge in [-0.3, -0.25) is 0 Å². The van der Waals surface area contributed by atoms with Crippen molar-refractivity contribution in [3.05, 3.63) is 96.1 Å². The maximum Gasteiger partial charge on any atom is 0.175 e. The van der Waals surface area contributed by atoms with E-state index in [1.807, 2.05) is 18.2 Å². The van der Waals surface area contributed by atoms with Gasteiger partial charge < -0.3 is 10.6 Å². The zero-order valence-electron chi connectivity index (χ0n) is 14.7. The van der Waals surface area contributed by atoms with E-state index < -0.39 is 0 Å². The second-order valence-corrected chi connectivity index (χ2v) is 7.22. The van der Waals surface area contributed by atoms with Crippen molar-refractivity contribution in [3.8, 4) is 11.1 Å². The Hall–Kier alpha value is -3.17. The van der Waals surface area contributed by atoms with E-state index in [0.29, 0.717) is 5.11 Å². The summed E-state index contributed by atoms with van der Waals surface area (Å²) < 4.78 is 0. The van der Waals surface area contributed by atoms with Crippen LogP contribution in [-0.4, -0.2) is 5.11 Å². The Morgan fingerprint density at radius 2 is 1.48 bits per heavy atom. The summed E-state index contributed by atoms with van der Waals surface area (Å²) in [7, 11) is 0. The Morgan fingerprint density at radius 3 is 2.44 bits per heavy atom. The van der Waals surface area contributed by atoms with E-state index in [4.69, 9.17) is 12.2 Å². The van der Waals surface area contributed by atoms with Gasteiger partial charge in [-0.2, -0.15) is 0 Å². The summed E-state index contributed by atoms with van der Waals surface area (Å²) in [4.78, 5) is 0. The Morgan fingerprint density at radius 1 is 0.704 bits per heavy atom. The Kier molecular flexibility index (Phi) is 3.88. The highest BCUT2D eigenvalue weighted by atomic mass is 32.1. The molecule has 0 radical (unpaired) electrons. The van der Waals surface area contributed by atoms with Gasteiger partial charge in [-0.15, -0.1) is 0 Å². The fourth-order valence-corrected chi connectivity index (χ4v) is 4.07. The highest BCUT2D eigenvalue weighted by Crippen LogP contribution is 2.37. The molecule has 1 aliphatic carbocycles.